The molecule has 0 bridgehead atoms. The third-order valence-corrected chi connectivity index (χ3v) is 6.76. The van der Waals surface area contributed by atoms with Crippen LogP contribution in [0.2, 0.25) is 0 Å². The van der Waals surface area contributed by atoms with Crippen LogP contribution < -0.4 is 5.32 Å². The number of fused-ring (bicyclic) bond motifs is 3. The van der Waals surface area contributed by atoms with Gasteiger partial charge in [0.25, 0.3) is 0 Å². The first kappa shape index (κ1) is 19.0. The summed E-state index contributed by atoms with van der Waals surface area (Å²) in [6, 6.07) is 16.9. The first-order valence-electron chi connectivity index (χ1n) is 11.3. The predicted octanol–water partition coefficient (Wildman–Crippen LogP) is 5.75. The summed E-state index contributed by atoms with van der Waals surface area (Å²) in [5.74, 6) is 0. The Hall–Kier alpha value is -3.67. The number of aromatic amines is 1. The highest BCUT2D eigenvalue weighted by Gasteiger charge is 2.32. The minimum atomic E-state index is -0.0250. The smallest absolute Gasteiger partial charge is 0.313 e. The van der Waals surface area contributed by atoms with E-state index in [1.807, 2.05) is 36.2 Å². The zero-order valence-corrected chi connectivity index (χ0v) is 18.1. The average molecular weight is 424 g/mol. The molecule has 4 aromatic rings. The van der Waals surface area contributed by atoms with Gasteiger partial charge in [0.05, 0.1) is 18.1 Å². The molecule has 6 nitrogen and oxygen atoms in total. The number of hydrogen-bond donors (Lipinski definition) is 2. The number of pyridine rings is 1. The molecule has 1 aliphatic carbocycles. The molecule has 6 rings (SSSR count). The van der Waals surface area contributed by atoms with Crippen molar-refractivity contribution in [3.63, 3.8) is 0 Å². The lowest BCUT2D eigenvalue weighted by molar-refractivity contribution is 0.176. The largest absolute Gasteiger partial charge is 0.322 e. The maximum atomic E-state index is 13.2. The van der Waals surface area contributed by atoms with E-state index < -0.39 is 0 Å². The van der Waals surface area contributed by atoms with E-state index in [1.54, 1.807) is 0 Å². The van der Waals surface area contributed by atoms with Gasteiger partial charge >= 0.3 is 6.03 Å². The highest BCUT2D eigenvalue weighted by molar-refractivity contribution is 6.00. The van der Waals surface area contributed by atoms with Crippen molar-refractivity contribution in [3.8, 4) is 11.3 Å². The molecule has 0 spiro atoms. The van der Waals surface area contributed by atoms with Crippen LogP contribution in [0.25, 0.3) is 22.2 Å². The number of amides is 2. The molecule has 2 aromatic heterocycles. The van der Waals surface area contributed by atoms with Crippen LogP contribution in [0.1, 0.15) is 47.7 Å². The molecule has 160 valence electrons. The number of carbonyl (C=O) groups excluding carboxylic acids is 1. The van der Waals surface area contributed by atoms with Crippen LogP contribution in [0.4, 0.5) is 10.5 Å². The van der Waals surface area contributed by atoms with Gasteiger partial charge in [0.2, 0.25) is 0 Å². The Balaban J connectivity index is 1.41. The van der Waals surface area contributed by atoms with E-state index in [4.69, 9.17) is 0 Å². The Kier molecular flexibility index (Phi) is 4.45. The van der Waals surface area contributed by atoms with Crippen molar-refractivity contribution in [3.05, 3.63) is 77.1 Å². The van der Waals surface area contributed by atoms with Gasteiger partial charge in [-0.15, -0.1) is 0 Å². The van der Waals surface area contributed by atoms with Crippen molar-refractivity contribution in [1.82, 2.24) is 20.1 Å². The summed E-state index contributed by atoms with van der Waals surface area (Å²) in [6.07, 6.45) is 6.19. The second kappa shape index (κ2) is 7.48. The van der Waals surface area contributed by atoms with Crippen molar-refractivity contribution < 1.29 is 4.79 Å². The van der Waals surface area contributed by atoms with Gasteiger partial charge in [-0.1, -0.05) is 30.7 Å². The maximum Gasteiger partial charge on any atom is 0.322 e. The van der Waals surface area contributed by atoms with E-state index >= 15 is 0 Å². The Bertz CT molecular complexity index is 1340. The topological polar surface area (TPSA) is 73.9 Å². The lowest BCUT2D eigenvalue weighted by Gasteiger charge is -2.36. The fourth-order valence-corrected chi connectivity index (χ4v) is 5.18. The lowest BCUT2D eigenvalue weighted by Crippen LogP contribution is -2.41. The lowest BCUT2D eigenvalue weighted by atomic mass is 9.96. The quantitative estimate of drug-likeness (QED) is 0.403. The molecule has 0 radical (unpaired) electrons. The molecule has 2 amide bonds. The van der Waals surface area contributed by atoms with Crippen LogP contribution in [-0.2, 0) is 13.0 Å². The Morgan fingerprint density at radius 1 is 1.06 bits per heavy atom. The fraction of sp³-hybridized carbons (Fsp3) is 0.269. The molecule has 1 aliphatic heterocycles. The molecular formula is C26H25N5O. The second-order valence-electron chi connectivity index (χ2n) is 8.83. The Morgan fingerprint density at radius 2 is 1.97 bits per heavy atom. The van der Waals surface area contributed by atoms with Crippen LogP contribution in [0.5, 0.6) is 0 Å². The van der Waals surface area contributed by atoms with E-state index in [2.05, 4.69) is 50.8 Å². The highest BCUT2D eigenvalue weighted by atomic mass is 16.2. The molecule has 3 heterocycles. The molecule has 2 aliphatic rings. The summed E-state index contributed by atoms with van der Waals surface area (Å²) in [4.78, 5) is 19.5. The summed E-state index contributed by atoms with van der Waals surface area (Å²) in [5.41, 5.74) is 8.47. The normalized spacial score (nSPS) is 18.1. The van der Waals surface area contributed by atoms with Gasteiger partial charge in [-0.05, 0) is 67.1 Å². The van der Waals surface area contributed by atoms with E-state index in [-0.39, 0.29) is 12.1 Å². The number of anilines is 1. The molecule has 2 N–H and O–H groups in total. The number of hydrogen-bond acceptors (Lipinski definition) is 3. The summed E-state index contributed by atoms with van der Waals surface area (Å²) < 4.78 is 0. The molecule has 0 fully saturated rings. The van der Waals surface area contributed by atoms with Gasteiger partial charge in [-0.25, -0.2) is 4.79 Å². The standard InChI is InChI=1S/C26H25N5O/c1-16-12-18(10-11-27-16)25-21-13-19-15-31(26(32)28-22(19)14-23(21)29-30-25)24-9-5-3-7-17-6-2-4-8-20(17)24/h2,4,6,8,10-14,24H,3,5,7,9,15H2,1H3,(H,28,32)(H,29,30). The number of nitrogens with zero attached hydrogens (tertiary/aromatic N) is 3. The Morgan fingerprint density at radius 3 is 2.88 bits per heavy atom. The number of carbonyl (C=O) groups is 1. The number of aryl methyl sites for hydroxylation is 2. The van der Waals surface area contributed by atoms with Crippen LogP contribution in [0, 0.1) is 6.92 Å². The molecular weight excluding hydrogens is 398 g/mol. The van der Waals surface area contributed by atoms with Gasteiger partial charge < -0.3 is 10.2 Å². The fourth-order valence-electron chi connectivity index (χ4n) is 5.18. The number of H-pyrrole nitrogens is 1. The minimum Gasteiger partial charge on any atom is -0.313 e. The highest BCUT2D eigenvalue weighted by Crippen LogP contribution is 2.39. The monoisotopic (exact) mass is 423 g/mol. The molecule has 32 heavy (non-hydrogen) atoms. The number of benzene rings is 2. The SMILES string of the molecule is Cc1cc(-c2n[nH]c3cc4c(cc23)CN(C2CCCCc3ccccc32)C(=O)N4)ccn1. The van der Waals surface area contributed by atoms with E-state index in [9.17, 15) is 4.79 Å². The predicted molar refractivity (Wildman–Crippen MR) is 125 cm³/mol. The first-order chi connectivity index (χ1) is 15.7. The van der Waals surface area contributed by atoms with Crippen LogP contribution >= 0.6 is 0 Å². The molecule has 2 aromatic carbocycles. The number of rotatable bonds is 2. The van der Waals surface area contributed by atoms with Gasteiger partial charge in [0.1, 0.15) is 5.69 Å². The van der Waals surface area contributed by atoms with Crippen molar-refractivity contribution in [2.24, 2.45) is 0 Å². The molecule has 1 unspecified atom stereocenters. The third-order valence-electron chi connectivity index (χ3n) is 6.76. The van der Waals surface area contributed by atoms with Crippen molar-refractivity contribution in [2.75, 3.05) is 5.32 Å². The zero-order valence-electron chi connectivity index (χ0n) is 18.1. The van der Waals surface area contributed by atoms with Crippen LogP contribution in [-0.4, -0.2) is 26.1 Å². The van der Waals surface area contributed by atoms with Gasteiger partial charge in [-0.2, -0.15) is 5.10 Å². The number of nitrogens with one attached hydrogen (secondary N) is 2. The summed E-state index contributed by atoms with van der Waals surface area (Å²) in [5, 5.41) is 11.9. The van der Waals surface area contributed by atoms with Crippen molar-refractivity contribution >= 4 is 22.6 Å². The number of urea groups is 1. The van der Waals surface area contributed by atoms with Crippen LogP contribution in [0.15, 0.2) is 54.7 Å². The maximum absolute atomic E-state index is 13.2. The van der Waals surface area contributed by atoms with Crippen LogP contribution in [0.3, 0.4) is 0 Å². The summed E-state index contributed by atoms with van der Waals surface area (Å²) in [6.45, 7) is 2.58. The zero-order chi connectivity index (χ0) is 21.7. The number of aromatic nitrogens is 3. The van der Waals surface area contributed by atoms with Crippen molar-refractivity contribution in [2.45, 2.75) is 45.2 Å². The third kappa shape index (κ3) is 3.14. The van der Waals surface area contributed by atoms with E-state index in [0.717, 1.165) is 58.4 Å². The van der Waals surface area contributed by atoms with E-state index in [0.29, 0.717) is 6.54 Å². The van der Waals surface area contributed by atoms with E-state index in [1.165, 1.54) is 17.5 Å². The van der Waals surface area contributed by atoms with Gasteiger partial charge in [0, 0.05) is 28.5 Å². The second-order valence-corrected chi connectivity index (χ2v) is 8.83. The summed E-state index contributed by atoms with van der Waals surface area (Å²) in [7, 11) is 0. The van der Waals surface area contributed by atoms with Crippen molar-refractivity contribution in [1.29, 1.82) is 0 Å². The molecule has 1 atom stereocenters. The molecule has 0 saturated heterocycles. The average Bonchev–Trinajstić information content (AvgIpc) is 3.08. The first-order valence-corrected chi connectivity index (χ1v) is 11.3. The Labute approximate surface area is 186 Å². The molecule has 0 saturated carbocycles. The minimum absolute atomic E-state index is 0.0250. The molecule has 6 heteroatoms. The summed E-state index contributed by atoms with van der Waals surface area (Å²) >= 11 is 0. The van der Waals surface area contributed by atoms with Gasteiger partial charge in [0.15, 0.2) is 0 Å². The van der Waals surface area contributed by atoms with Gasteiger partial charge in [-0.3, -0.25) is 10.1 Å².